The number of ether oxygens (including phenoxy) is 2. The first-order chi connectivity index (χ1) is 8.62. The number of nitrogens with zero attached hydrogens (tertiary/aromatic N) is 1. The highest BCUT2D eigenvalue weighted by Gasteiger charge is 2.48. The molecule has 1 aromatic rings. The van der Waals surface area contributed by atoms with Gasteiger partial charge in [0.1, 0.15) is 5.60 Å². The molecular weight excluding hydrogens is 230 g/mol. The van der Waals surface area contributed by atoms with Crippen molar-refractivity contribution >= 4 is 0 Å². The van der Waals surface area contributed by atoms with E-state index in [1.807, 2.05) is 25.1 Å². The van der Waals surface area contributed by atoms with Crippen LogP contribution < -0.4 is 0 Å². The van der Waals surface area contributed by atoms with Gasteiger partial charge in [0.05, 0.1) is 18.4 Å². The summed E-state index contributed by atoms with van der Waals surface area (Å²) in [7, 11) is 0. The molecule has 4 heteroatoms. The van der Waals surface area contributed by atoms with Crippen molar-refractivity contribution in [2.24, 2.45) is 0 Å². The molecule has 1 aliphatic carbocycles. The molecule has 0 amide bonds. The molecule has 3 rings (SSSR count). The minimum absolute atomic E-state index is 0.158. The molecule has 0 bridgehead atoms. The van der Waals surface area contributed by atoms with Gasteiger partial charge >= 0.3 is 0 Å². The van der Waals surface area contributed by atoms with E-state index in [0.717, 1.165) is 18.5 Å². The number of pyridine rings is 1. The Morgan fingerprint density at radius 1 is 1.28 bits per heavy atom. The van der Waals surface area contributed by atoms with Crippen molar-refractivity contribution in [2.45, 2.75) is 50.1 Å². The second kappa shape index (κ2) is 4.30. The smallest absolute Gasteiger partial charge is 0.169 e. The molecule has 0 radical (unpaired) electrons. The van der Waals surface area contributed by atoms with Gasteiger partial charge in [0.2, 0.25) is 0 Å². The van der Waals surface area contributed by atoms with Crippen LogP contribution in [0.3, 0.4) is 0 Å². The Labute approximate surface area is 107 Å². The Morgan fingerprint density at radius 2 is 2.06 bits per heavy atom. The Hall–Kier alpha value is -0.970. The predicted molar refractivity (Wildman–Crippen MR) is 65.8 cm³/mol. The van der Waals surface area contributed by atoms with Gasteiger partial charge in [-0.05, 0) is 31.9 Å². The number of hydrogen-bond acceptors (Lipinski definition) is 4. The summed E-state index contributed by atoms with van der Waals surface area (Å²) in [5.41, 5.74) is -0.0729. The van der Waals surface area contributed by atoms with Gasteiger partial charge in [-0.2, -0.15) is 0 Å². The largest absolute Gasteiger partial charge is 0.384 e. The molecule has 98 valence electrons. The van der Waals surface area contributed by atoms with Crippen molar-refractivity contribution < 1.29 is 14.6 Å². The first kappa shape index (κ1) is 12.1. The fraction of sp³-hybridized carbons (Fsp3) is 0.643. The second-order valence-electron chi connectivity index (χ2n) is 5.40. The van der Waals surface area contributed by atoms with Gasteiger partial charge in [-0.25, -0.2) is 0 Å². The zero-order chi connectivity index (χ0) is 12.6. The van der Waals surface area contributed by atoms with Crippen LogP contribution in [-0.2, 0) is 15.1 Å². The fourth-order valence-corrected chi connectivity index (χ4v) is 2.90. The molecule has 2 heterocycles. The molecule has 1 atom stereocenters. The van der Waals surface area contributed by atoms with Gasteiger partial charge in [-0.3, -0.25) is 4.98 Å². The van der Waals surface area contributed by atoms with Crippen molar-refractivity contribution in [3.8, 4) is 0 Å². The first-order valence-corrected chi connectivity index (χ1v) is 6.58. The zero-order valence-electron chi connectivity index (χ0n) is 10.6. The quantitative estimate of drug-likeness (QED) is 0.826. The molecule has 1 aromatic heterocycles. The summed E-state index contributed by atoms with van der Waals surface area (Å²) in [5.74, 6) is -0.458. The molecule has 1 saturated heterocycles. The summed E-state index contributed by atoms with van der Waals surface area (Å²) in [6, 6.07) is 5.66. The molecule has 18 heavy (non-hydrogen) atoms. The molecule has 4 nitrogen and oxygen atoms in total. The van der Waals surface area contributed by atoms with Crippen LogP contribution in [0.1, 0.15) is 38.3 Å². The average molecular weight is 249 g/mol. The van der Waals surface area contributed by atoms with Crippen LogP contribution in [-0.4, -0.2) is 28.6 Å². The summed E-state index contributed by atoms with van der Waals surface area (Å²) < 4.78 is 11.6. The van der Waals surface area contributed by atoms with Gasteiger partial charge in [-0.15, -0.1) is 0 Å². The maximum atomic E-state index is 10.7. The molecule has 2 fully saturated rings. The number of hydrogen-bond donors (Lipinski definition) is 1. The monoisotopic (exact) mass is 249 g/mol. The van der Waals surface area contributed by atoms with E-state index in [1.54, 1.807) is 6.20 Å². The standard InChI is InChI=1S/C14H19NO3/c1-11-10-17-14(18-11)7-5-13(16,6-8-14)12-4-2-3-9-15-12/h2-4,9,11,16H,5-8,10H2,1H3/t11-,13?,14?/m0/s1. The summed E-state index contributed by atoms with van der Waals surface area (Å²) in [4.78, 5) is 4.27. The normalized spacial score (nSPS) is 40.2. The van der Waals surface area contributed by atoms with Gasteiger partial charge in [0, 0.05) is 19.0 Å². The van der Waals surface area contributed by atoms with E-state index < -0.39 is 11.4 Å². The lowest BCUT2D eigenvalue weighted by molar-refractivity contribution is -0.211. The third-order valence-electron chi connectivity index (χ3n) is 3.98. The van der Waals surface area contributed by atoms with E-state index in [0.29, 0.717) is 19.4 Å². The lowest BCUT2D eigenvalue weighted by Crippen LogP contribution is -2.42. The maximum Gasteiger partial charge on any atom is 0.169 e. The number of rotatable bonds is 1. The van der Waals surface area contributed by atoms with Gasteiger partial charge in [0.15, 0.2) is 5.79 Å². The van der Waals surface area contributed by atoms with Gasteiger partial charge in [-0.1, -0.05) is 6.07 Å². The highest BCUT2D eigenvalue weighted by atomic mass is 16.7. The molecule has 0 unspecified atom stereocenters. The van der Waals surface area contributed by atoms with Gasteiger partial charge < -0.3 is 14.6 Å². The fourth-order valence-electron chi connectivity index (χ4n) is 2.90. The topological polar surface area (TPSA) is 51.6 Å². The Bertz CT molecular complexity index is 412. The highest BCUT2D eigenvalue weighted by Crippen LogP contribution is 2.45. The van der Waals surface area contributed by atoms with Crippen LogP contribution in [0.5, 0.6) is 0 Å². The third-order valence-corrected chi connectivity index (χ3v) is 3.98. The molecule has 0 aromatic carbocycles. The molecule has 1 N–H and O–H groups in total. The van der Waals surface area contributed by atoms with Crippen molar-refractivity contribution in [1.29, 1.82) is 0 Å². The lowest BCUT2D eigenvalue weighted by atomic mass is 9.79. The van der Waals surface area contributed by atoms with E-state index in [2.05, 4.69) is 4.98 Å². The highest BCUT2D eigenvalue weighted by molar-refractivity contribution is 5.14. The van der Waals surface area contributed by atoms with Crippen LogP contribution in [0.2, 0.25) is 0 Å². The summed E-state index contributed by atoms with van der Waals surface area (Å²) >= 11 is 0. The molecule has 1 spiro atoms. The van der Waals surface area contributed by atoms with E-state index in [-0.39, 0.29) is 6.10 Å². The maximum absolute atomic E-state index is 10.7. The zero-order valence-corrected chi connectivity index (χ0v) is 10.6. The van der Waals surface area contributed by atoms with E-state index in [1.165, 1.54) is 0 Å². The average Bonchev–Trinajstić information content (AvgIpc) is 2.77. The first-order valence-electron chi connectivity index (χ1n) is 6.58. The molecular formula is C14H19NO3. The Morgan fingerprint density at radius 3 is 2.61 bits per heavy atom. The number of aliphatic hydroxyl groups is 1. The van der Waals surface area contributed by atoms with Gasteiger partial charge in [0.25, 0.3) is 0 Å². The molecule has 1 aliphatic heterocycles. The minimum atomic E-state index is -0.828. The van der Waals surface area contributed by atoms with Crippen molar-refractivity contribution in [3.63, 3.8) is 0 Å². The predicted octanol–water partition coefficient (Wildman–Crippen LogP) is 1.97. The van der Waals surface area contributed by atoms with E-state index >= 15 is 0 Å². The van der Waals surface area contributed by atoms with E-state index in [4.69, 9.17) is 9.47 Å². The van der Waals surface area contributed by atoms with E-state index in [9.17, 15) is 5.11 Å². The molecule has 1 saturated carbocycles. The molecule has 2 aliphatic rings. The lowest BCUT2D eigenvalue weighted by Gasteiger charge is -2.40. The van der Waals surface area contributed by atoms with Crippen molar-refractivity contribution in [3.05, 3.63) is 30.1 Å². The summed E-state index contributed by atoms with van der Waals surface area (Å²) in [5, 5.41) is 10.7. The minimum Gasteiger partial charge on any atom is -0.384 e. The second-order valence-corrected chi connectivity index (χ2v) is 5.40. The Kier molecular flexibility index (Phi) is 2.88. The SMILES string of the molecule is C[C@H]1COC2(CCC(O)(c3ccccn3)CC2)O1. The summed E-state index contributed by atoms with van der Waals surface area (Å²) in [6.07, 6.45) is 4.61. The van der Waals surface area contributed by atoms with Crippen LogP contribution in [0, 0.1) is 0 Å². The number of aromatic nitrogens is 1. The summed E-state index contributed by atoms with van der Waals surface area (Å²) in [6.45, 7) is 2.68. The van der Waals surface area contributed by atoms with Crippen LogP contribution in [0.25, 0.3) is 0 Å². The van der Waals surface area contributed by atoms with Crippen LogP contribution in [0.15, 0.2) is 24.4 Å². The van der Waals surface area contributed by atoms with Crippen molar-refractivity contribution in [1.82, 2.24) is 4.98 Å². The van der Waals surface area contributed by atoms with Crippen LogP contribution in [0.4, 0.5) is 0 Å². The third kappa shape index (κ3) is 2.05. The Balaban J connectivity index is 1.73. The van der Waals surface area contributed by atoms with Crippen LogP contribution >= 0.6 is 0 Å². The van der Waals surface area contributed by atoms with Crippen molar-refractivity contribution in [2.75, 3.05) is 6.61 Å².